The fourth-order valence-electron chi connectivity index (χ4n) is 2.71. The summed E-state index contributed by atoms with van der Waals surface area (Å²) in [6, 6.07) is 4.53. The lowest BCUT2D eigenvalue weighted by Crippen LogP contribution is -2.43. The third-order valence-corrected chi connectivity index (χ3v) is 4.34. The number of oxime groups is 1. The second-order valence-corrected chi connectivity index (χ2v) is 7.77. The lowest BCUT2D eigenvalue weighted by molar-refractivity contribution is 0.0201. The molecule has 2 rings (SSSR count). The third kappa shape index (κ3) is 4.69. The van der Waals surface area contributed by atoms with E-state index in [2.05, 4.69) is 21.1 Å². The van der Waals surface area contributed by atoms with Gasteiger partial charge in [0.25, 0.3) is 0 Å². The molecule has 0 unspecified atom stereocenters. The summed E-state index contributed by atoms with van der Waals surface area (Å²) < 4.78 is 20.1. The molecule has 0 aromatic heterocycles. The van der Waals surface area contributed by atoms with E-state index in [1.807, 2.05) is 20.8 Å². The molecule has 0 spiro atoms. The van der Waals surface area contributed by atoms with E-state index in [4.69, 9.17) is 4.74 Å². The van der Waals surface area contributed by atoms with Crippen LogP contribution in [0.5, 0.6) is 0 Å². The van der Waals surface area contributed by atoms with Gasteiger partial charge in [0.1, 0.15) is 11.4 Å². The van der Waals surface area contributed by atoms with Crippen LogP contribution < -0.4 is 0 Å². The SMILES string of the molecule is CC(C)(C)OC(=O)N1CCC(/C(=N/O)c2cc(Br)ccc2F)CC1. The smallest absolute Gasteiger partial charge is 0.410 e. The minimum absolute atomic E-state index is 0.113. The molecule has 1 fully saturated rings. The van der Waals surface area contributed by atoms with E-state index < -0.39 is 11.4 Å². The number of hydrogen-bond donors (Lipinski definition) is 1. The van der Waals surface area contributed by atoms with Crippen molar-refractivity contribution in [3.8, 4) is 0 Å². The Morgan fingerprint density at radius 2 is 2.00 bits per heavy atom. The lowest BCUT2D eigenvalue weighted by atomic mass is 9.88. The highest BCUT2D eigenvalue weighted by Gasteiger charge is 2.30. The number of hydrogen-bond acceptors (Lipinski definition) is 4. The van der Waals surface area contributed by atoms with Gasteiger partial charge in [-0.25, -0.2) is 9.18 Å². The Bertz CT molecular complexity index is 635. The third-order valence-electron chi connectivity index (χ3n) is 3.85. The number of carbonyl (C=O) groups is 1. The summed E-state index contributed by atoms with van der Waals surface area (Å²) in [5.41, 5.74) is 0.0608. The average Bonchev–Trinajstić information content (AvgIpc) is 2.50. The Balaban J connectivity index is 2.05. The molecular weight excluding hydrogens is 379 g/mol. The zero-order chi connectivity index (χ0) is 17.9. The minimum Gasteiger partial charge on any atom is -0.444 e. The van der Waals surface area contributed by atoms with Gasteiger partial charge in [0.05, 0.1) is 5.71 Å². The van der Waals surface area contributed by atoms with Crippen molar-refractivity contribution in [2.75, 3.05) is 13.1 Å². The van der Waals surface area contributed by atoms with Crippen molar-refractivity contribution >= 4 is 27.7 Å². The van der Waals surface area contributed by atoms with Crippen LogP contribution >= 0.6 is 15.9 Å². The first-order valence-electron chi connectivity index (χ1n) is 7.86. The molecule has 1 heterocycles. The van der Waals surface area contributed by atoms with E-state index in [1.54, 1.807) is 17.0 Å². The molecule has 5 nitrogen and oxygen atoms in total. The summed E-state index contributed by atoms with van der Waals surface area (Å²) >= 11 is 3.30. The Morgan fingerprint density at radius 1 is 1.38 bits per heavy atom. The maximum atomic E-state index is 14.1. The van der Waals surface area contributed by atoms with Gasteiger partial charge in [0.15, 0.2) is 0 Å². The molecule has 0 atom stereocenters. The molecular formula is C17H22BrFN2O3. The molecule has 1 aliphatic rings. The quantitative estimate of drug-likeness (QED) is 0.454. The lowest BCUT2D eigenvalue weighted by Gasteiger charge is -2.33. The summed E-state index contributed by atoms with van der Waals surface area (Å²) in [4.78, 5) is 13.7. The summed E-state index contributed by atoms with van der Waals surface area (Å²) in [7, 11) is 0. The Hall–Kier alpha value is -1.63. The van der Waals surface area contributed by atoms with Crippen molar-refractivity contribution in [2.24, 2.45) is 11.1 Å². The van der Waals surface area contributed by atoms with Gasteiger partial charge in [-0.1, -0.05) is 21.1 Å². The number of nitrogens with zero attached hydrogens (tertiary/aromatic N) is 2. The van der Waals surface area contributed by atoms with Gasteiger partial charge in [-0.3, -0.25) is 0 Å². The van der Waals surface area contributed by atoms with Crippen LogP contribution in [0, 0.1) is 11.7 Å². The number of likely N-dealkylation sites (tertiary alicyclic amines) is 1. The molecule has 7 heteroatoms. The van der Waals surface area contributed by atoms with Crippen LogP contribution in [0.2, 0.25) is 0 Å². The molecule has 0 bridgehead atoms. The maximum Gasteiger partial charge on any atom is 0.410 e. The average molecular weight is 401 g/mol. The second-order valence-electron chi connectivity index (χ2n) is 6.85. The topological polar surface area (TPSA) is 62.1 Å². The van der Waals surface area contributed by atoms with Crippen molar-refractivity contribution < 1.29 is 19.1 Å². The zero-order valence-corrected chi connectivity index (χ0v) is 15.6. The number of amides is 1. The van der Waals surface area contributed by atoms with E-state index >= 15 is 0 Å². The Morgan fingerprint density at radius 3 is 2.54 bits per heavy atom. The maximum absolute atomic E-state index is 14.1. The van der Waals surface area contributed by atoms with Gasteiger partial charge in [-0.15, -0.1) is 0 Å². The summed E-state index contributed by atoms with van der Waals surface area (Å²) in [5.74, 6) is -0.543. The molecule has 1 saturated heterocycles. The fraction of sp³-hybridized carbons (Fsp3) is 0.529. The number of halogens is 2. The molecule has 1 aromatic rings. The van der Waals surface area contributed by atoms with Gasteiger partial charge >= 0.3 is 6.09 Å². The normalized spacial score (nSPS) is 17.0. The zero-order valence-electron chi connectivity index (χ0n) is 14.1. The van der Waals surface area contributed by atoms with E-state index in [0.717, 1.165) is 0 Å². The van der Waals surface area contributed by atoms with Crippen LogP contribution in [-0.2, 0) is 4.74 Å². The minimum atomic E-state index is -0.537. The van der Waals surface area contributed by atoms with Gasteiger partial charge in [0, 0.05) is 29.0 Å². The van der Waals surface area contributed by atoms with Crippen LogP contribution in [0.25, 0.3) is 0 Å². The van der Waals surface area contributed by atoms with Crippen LogP contribution in [0.4, 0.5) is 9.18 Å². The molecule has 0 radical (unpaired) electrons. The van der Waals surface area contributed by atoms with E-state index in [1.165, 1.54) is 6.07 Å². The van der Waals surface area contributed by atoms with Crippen LogP contribution in [0.15, 0.2) is 27.8 Å². The number of rotatable bonds is 2. The molecule has 0 aliphatic carbocycles. The monoisotopic (exact) mass is 400 g/mol. The number of piperidine rings is 1. The predicted molar refractivity (Wildman–Crippen MR) is 93.0 cm³/mol. The number of carbonyl (C=O) groups excluding carboxylic acids is 1. The van der Waals surface area contributed by atoms with Crippen molar-refractivity contribution in [3.63, 3.8) is 0 Å². The van der Waals surface area contributed by atoms with Crippen LogP contribution in [0.1, 0.15) is 39.2 Å². The molecule has 0 saturated carbocycles. The summed E-state index contributed by atoms with van der Waals surface area (Å²) in [6.45, 7) is 6.43. The molecule has 24 heavy (non-hydrogen) atoms. The highest BCUT2D eigenvalue weighted by Crippen LogP contribution is 2.26. The van der Waals surface area contributed by atoms with Crippen molar-refractivity contribution in [2.45, 2.75) is 39.2 Å². The second kappa shape index (κ2) is 7.51. The molecule has 132 valence electrons. The van der Waals surface area contributed by atoms with Gasteiger partial charge in [0.2, 0.25) is 0 Å². The van der Waals surface area contributed by atoms with E-state index in [9.17, 15) is 14.4 Å². The van der Waals surface area contributed by atoms with Crippen molar-refractivity contribution in [1.82, 2.24) is 4.90 Å². The molecule has 1 aliphatic heterocycles. The largest absolute Gasteiger partial charge is 0.444 e. The van der Waals surface area contributed by atoms with Gasteiger partial charge in [-0.2, -0.15) is 0 Å². The van der Waals surface area contributed by atoms with Crippen LogP contribution in [0.3, 0.4) is 0 Å². The molecule has 1 amide bonds. The first kappa shape index (κ1) is 18.7. The van der Waals surface area contributed by atoms with Gasteiger partial charge < -0.3 is 14.8 Å². The number of ether oxygens (including phenoxy) is 1. The van der Waals surface area contributed by atoms with Crippen molar-refractivity contribution in [1.29, 1.82) is 0 Å². The van der Waals surface area contributed by atoms with E-state index in [-0.39, 0.29) is 17.6 Å². The first-order chi connectivity index (χ1) is 11.2. The highest BCUT2D eigenvalue weighted by atomic mass is 79.9. The molecule has 1 N–H and O–H groups in total. The summed E-state index contributed by atoms with van der Waals surface area (Å²) in [5, 5.41) is 12.7. The predicted octanol–water partition coefficient (Wildman–Crippen LogP) is 4.41. The van der Waals surface area contributed by atoms with Gasteiger partial charge in [-0.05, 0) is 51.8 Å². The Kier molecular flexibility index (Phi) is 5.85. The Labute approximate surface area is 149 Å². The van der Waals surface area contributed by atoms with Crippen molar-refractivity contribution in [3.05, 3.63) is 34.1 Å². The summed E-state index contributed by atoms with van der Waals surface area (Å²) in [6.07, 6.45) is 0.826. The molecule has 1 aromatic carbocycles. The van der Waals surface area contributed by atoms with Crippen LogP contribution in [-0.4, -0.2) is 40.6 Å². The fourth-order valence-corrected chi connectivity index (χ4v) is 3.07. The standard InChI is InChI=1S/C17H22BrFN2O3/c1-17(2,3)24-16(22)21-8-6-11(7-9-21)15(20-23)13-10-12(18)4-5-14(13)19/h4-5,10-11,23H,6-9H2,1-3H3/b20-15-. The number of benzene rings is 1. The van der Waals surface area contributed by atoms with E-state index in [0.29, 0.717) is 36.1 Å². The first-order valence-corrected chi connectivity index (χ1v) is 8.66. The highest BCUT2D eigenvalue weighted by molar-refractivity contribution is 9.10.